The van der Waals surface area contributed by atoms with Crippen LogP contribution < -0.4 is 10.6 Å². The second-order valence-electron chi connectivity index (χ2n) is 6.83. The molecule has 1 aliphatic heterocycles. The maximum atomic E-state index is 14.6. The van der Waals surface area contributed by atoms with E-state index in [0.29, 0.717) is 16.3 Å². The molecule has 1 unspecified atom stereocenters. The number of ether oxygens (including phenoxy) is 1. The Balaban J connectivity index is 1.47. The van der Waals surface area contributed by atoms with Crippen LogP contribution in [0.5, 0.6) is 0 Å². The van der Waals surface area contributed by atoms with E-state index in [1.54, 1.807) is 24.4 Å². The minimum absolute atomic E-state index is 0.0431. The molecule has 1 atom stereocenters. The van der Waals surface area contributed by atoms with Crippen molar-refractivity contribution < 1.29 is 27.5 Å². The van der Waals surface area contributed by atoms with Gasteiger partial charge in [-0.3, -0.25) is 9.78 Å². The summed E-state index contributed by atoms with van der Waals surface area (Å²) in [6.45, 7) is -0.0431. The lowest BCUT2D eigenvalue weighted by atomic mass is 10.0. The first-order valence-electron chi connectivity index (χ1n) is 9.47. The molecule has 2 amide bonds. The molecule has 0 fully saturated rings. The summed E-state index contributed by atoms with van der Waals surface area (Å²) in [6, 6.07) is 9.88. The van der Waals surface area contributed by atoms with Crippen LogP contribution in [0.15, 0.2) is 59.6 Å². The number of rotatable bonds is 5. The number of alkyl carbamates (subject to hydrolysis) is 1. The van der Waals surface area contributed by atoms with Crippen LogP contribution in [0.2, 0.25) is 0 Å². The predicted molar refractivity (Wildman–Crippen MR) is 112 cm³/mol. The number of fused-ring (bicyclic) bond motifs is 1. The fourth-order valence-electron chi connectivity index (χ4n) is 3.18. The van der Waals surface area contributed by atoms with Crippen LogP contribution in [-0.2, 0) is 11.3 Å². The number of carbonyl (C=O) groups is 2. The van der Waals surface area contributed by atoms with E-state index in [0.717, 1.165) is 18.2 Å². The molecule has 2 N–H and O–H groups in total. The van der Waals surface area contributed by atoms with Crippen molar-refractivity contribution in [3.63, 3.8) is 0 Å². The number of hydrogen-bond acceptors (Lipinski definition) is 5. The average molecular weight is 459 g/mol. The Morgan fingerprint density at radius 1 is 1.06 bits per heavy atom. The van der Waals surface area contributed by atoms with E-state index in [1.807, 2.05) is 0 Å². The number of amides is 2. The van der Waals surface area contributed by atoms with E-state index in [-0.39, 0.29) is 23.4 Å². The number of pyridine rings is 1. The molecule has 2 aromatic carbocycles. The van der Waals surface area contributed by atoms with E-state index < -0.39 is 35.5 Å². The maximum absolute atomic E-state index is 14.6. The Hall–Kier alpha value is -3.53. The van der Waals surface area contributed by atoms with Crippen molar-refractivity contribution in [3.8, 4) is 0 Å². The quantitative estimate of drug-likeness (QED) is 0.572. The van der Waals surface area contributed by atoms with Crippen LogP contribution in [0.25, 0.3) is 0 Å². The minimum atomic E-state index is -1.10. The Morgan fingerprint density at radius 3 is 2.62 bits per heavy atom. The van der Waals surface area contributed by atoms with Gasteiger partial charge < -0.3 is 15.4 Å². The summed E-state index contributed by atoms with van der Waals surface area (Å²) in [4.78, 5) is 29.3. The fourth-order valence-corrected chi connectivity index (χ4v) is 4.47. The monoisotopic (exact) mass is 459 g/mol. The Kier molecular flexibility index (Phi) is 6.31. The Morgan fingerprint density at radius 2 is 1.88 bits per heavy atom. The predicted octanol–water partition coefficient (Wildman–Crippen LogP) is 4.82. The number of anilines is 1. The van der Waals surface area contributed by atoms with Gasteiger partial charge in [-0.1, -0.05) is 6.07 Å². The second kappa shape index (κ2) is 9.31. The molecule has 0 saturated heterocycles. The van der Waals surface area contributed by atoms with Crippen LogP contribution in [0.4, 0.5) is 23.7 Å². The van der Waals surface area contributed by atoms with Gasteiger partial charge in [-0.2, -0.15) is 0 Å². The summed E-state index contributed by atoms with van der Waals surface area (Å²) in [5.41, 5.74) is 0.943. The fraction of sp³-hybridized carbons (Fsp3) is 0.136. The molecule has 32 heavy (non-hydrogen) atoms. The summed E-state index contributed by atoms with van der Waals surface area (Å²) in [5.74, 6) is -3.04. The highest BCUT2D eigenvalue weighted by molar-refractivity contribution is 7.99. The van der Waals surface area contributed by atoms with E-state index in [2.05, 4.69) is 15.6 Å². The van der Waals surface area contributed by atoms with Gasteiger partial charge in [-0.25, -0.2) is 18.0 Å². The molecule has 0 bridgehead atoms. The summed E-state index contributed by atoms with van der Waals surface area (Å²) < 4.78 is 46.2. The maximum Gasteiger partial charge on any atom is 0.408 e. The zero-order chi connectivity index (χ0) is 22.7. The molecule has 0 saturated carbocycles. The molecular formula is C22H16F3N3O3S. The second-order valence-corrected chi connectivity index (χ2v) is 7.86. The SMILES string of the molecule is O=C(NC1CSc2c(C(=O)Nc3ccc(F)c(F)c3)ccc(F)c21)OCc1ccccn1. The number of nitrogens with zero attached hydrogens (tertiary/aromatic N) is 1. The van der Waals surface area contributed by atoms with Crippen molar-refractivity contribution in [1.82, 2.24) is 10.3 Å². The molecule has 0 radical (unpaired) electrons. The van der Waals surface area contributed by atoms with Gasteiger partial charge in [0.1, 0.15) is 12.4 Å². The van der Waals surface area contributed by atoms with Crippen molar-refractivity contribution in [2.24, 2.45) is 0 Å². The molecule has 4 rings (SSSR count). The molecule has 1 aliphatic rings. The number of halogens is 3. The van der Waals surface area contributed by atoms with Crippen LogP contribution in [0.1, 0.15) is 27.7 Å². The lowest BCUT2D eigenvalue weighted by Gasteiger charge is -2.15. The highest BCUT2D eigenvalue weighted by Crippen LogP contribution is 2.42. The van der Waals surface area contributed by atoms with E-state index in [1.165, 1.54) is 23.9 Å². The van der Waals surface area contributed by atoms with Gasteiger partial charge in [-0.05, 0) is 36.4 Å². The first kappa shape index (κ1) is 21.7. The number of benzene rings is 2. The van der Waals surface area contributed by atoms with E-state index in [4.69, 9.17) is 4.74 Å². The van der Waals surface area contributed by atoms with Gasteiger partial charge in [0.15, 0.2) is 11.6 Å². The minimum Gasteiger partial charge on any atom is -0.443 e. The third-order valence-corrected chi connectivity index (χ3v) is 5.91. The van der Waals surface area contributed by atoms with Gasteiger partial charge in [0.25, 0.3) is 5.91 Å². The number of thioether (sulfide) groups is 1. The molecular weight excluding hydrogens is 443 g/mol. The number of carbonyl (C=O) groups excluding carboxylic acids is 2. The zero-order valence-corrected chi connectivity index (χ0v) is 17.2. The van der Waals surface area contributed by atoms with Crippen LogP contribution >= 0.6 is 11.8 Å². The summed E-state index contributed by atoms with van der Waals surface area (Å²) in [6.07, 6.45) is 0.827. The van der Waals surface area contributed by atoms with E-state index in [9.17, 15) is 22.8 Å². The Labute approximate surface area is 185 Å². The van der Waals surface area contributed by atoms with Crippen molar-refractivity contribution in [1.29, 1.82) is 0 Å². The zero-order valence-electron chi connectivity index (χ0n) is 16.4. The normalized spacial score (nSPS) is 14.5. The summed E-state index contributed by atoms with van der Waals surface area (Å²) >= 11 is 1.20. The third kappa shape index (κ3) is 4.70. The Bertz CT molecular complexity index is 1180. The number of aromatic nitrogens is 1. The molecule has 1 aromatic heterocycles. The molecule has 2 heterocycles. The molecule has 3 aromatic rings. The topological polar surface area (TPSA) is 80.3 Å². The summed E-state index contributed by atoms with van der Waals surface area (Å²) in [5, 5.41) is 5.07. The van der Waals surface area contributed by atoms with Gasteiger partial charge in [0.2, 0.25) is 0 Å². The molecule has 10 heteroatoms. The van der Waals surface area contributed by atoms with Crippen LogP contribution in [0.3, 0.4) is 0 Å². The van der Waals surface area contributed by atoms with Crippen LogP contribution in [-0.4, -0.2) is 22.7 Å². The molecule has 6 nitrogen and oxygen atoms in total. The van der Waals surface area contributed by atoms with Gasteiger partial charge >= 0.3 is 6.09 Å². The lowest BCUT2D eigenvalue weighted by molar-refractivity contribution is 0.102. The molecule has 0 spiro atoms. The largest absolute Gasteiger partial charge is 0.443 e. The highest BCUT2D eigenvalue weighted by Gasteiger charge is 2.32. The van der Waals surface area contributed by atoms with Crippen molar-refractivity contribution in [3.05, 3.63) is 89.0 Å². The molecule has 164 valence electrons. The number of hydrogen-bond donors (Lipinski definition) is 2. The first-order valence-corrected chi connectivity index (χ1v) is 10.5. The molecule has 0 aliphatic carbocycles. The van der Waals surface area contributed by atoms with Crippen molar-refractivity contribution in [2.75, 3.05) is 11.1 Å². The van der Waals surface area contributed by atoms with Crippen molar-refractivity contribution >= 4 is 29.4 Å². The standard InChI is InChI=1S/C22H16F3N3O3S/c23-15-6-4-12(9-17(15)25)27-21(29)14-5-7-16(24)19-18(11-32-20(14)19)28-22(30)31-10-13-3-1-2-8-26-13/h1-9,18H,10-11H2,(H,27,29)(H,28,30). The van der Waals surface area contributed by atoms with Gasteiger partial charge in [0.05, 0.1) is 17.3 Å². The van der Waals surface area contributed by atoms with Crippen molar-refractivity contribution in [2.45, 2.75) is 17.5 Å². The van der Waals surface area contributed by atoms with Gasteiger partial charge in [0, 0.05) is 34.2 Å². The van der Waals surface area contributed by atoms with E-state index >= 15 is 0 Å². The highest BCUT2D eigenvalue weighted by atomic mass is 32.2. The average Bonchev–Trinajstić information content (AvgIpc) is 3.20. The smallest absolute Gasteiger partial charge is 0.408 e. The third-order valence-electron chi connectivity index (χ3n) is 4.68. The number of nitrogens with one attached hydrogen (secondary N) is 2. The van der Waals surface area contributed by atoms with Crippen LogP contribution in [0, 0.1) is 17.5 Å². The first-order chi connectivity index (χ1) is 15.4. The summed E-state index contributed by atoms with van der Waals surface area (Å²) in [7, 11) is 0. The van der Waals surface area contributed by atoms with Gasteiger partial charge in [-0.15, -0.1) is 11.8 Å². The lowest BCUT2D eigenvalue weighted by Crippen LogP contribution is -2.29.